The molecule has 11 heteroatoms. The van der Waals surface area contributed by atoms with Crippen LogP contribution in [0.5, 0.6) is 0 Å². The van der Waals surface area contributed by atoms with Gasteiger partial charge in [-0.3, -0.25) is 0 Å². The zero-order valence-electron chi connectivity index (χ0n) is 24.6. The molecule has 0 saturated carbocycles. The molecule has 40 heavy (non-hydrogen) atoms. The van der Waals surface area contributed by atoms with E-state index in [1.165, 1.54) is 0 Å². The highest BCUT2D eigenvalue weighted by Gasteiger charge is 2.15. The first-order chi connectivity index (χ1) is 19.5. The average Bonchev–Trinajstić information content (AvgIpc) is 2.92. The van der Waals surface area contributed by atoms with Crippen LogP contribution in [-0.4, -0.2) is 124 Å². The molecular formula is C29H50O11. The number of ether oxygens (including phenoxy) is 10. The summed E-state index contributed by atoms with van der Waals surface area (Å²) in [5.74, 6) is -0.383. The van der Waals surface area contributed by atoms with Gasteiger partial charge in [0.05, 0.1) is 112 Å². The Kier molecular flexibility index (Phi) is 23.9. The van der Waals surface area contributed by atoms with E-state index in [0.717, 1.165) is 5.56 Å². The molecule has 0 fully saturated rings. The number of esters is 1. The summed E-state index contributed by atoms with van der Waals surface area (Å²) < 4.78 is 54.0. The normalized spacial score (nSPS) is 11.7. The van der Waals surface area contributed by atoms with Crippen LogP contribution in [0.3, 0.4) is 0 Å². The molecule has 0 N–H and O–H groups in total. The van der Waals surface area contributed by atoms with Crippen molar-refractivity contribution in [1.82, 2.24) is 0 Å². The number of hydrogen-bond donors (Lipinski definition) is 0. The topological polar surface area (TPSA) is 109 Å². The van der Waals surface area contributed by atoms with E-state index >= 15 is 0 Å². The lowest BCUT2D eigenvalue weighted by Gasteiger charge is -2.19. The molecule has 0 radical (unpaired) electrons. The molecule has 232 valence electrons. The summed E-state index contributed by atoms with van der Waals surface area (Å²) in [4.78, 5) is 11.5. The second-order valence-corrected chi connectivity index (χ2v) is 9.46. The van der Waals surface area contributed by atoms with Crippen LogP contribution < -0.4 is 0 Å². The number of carbonyl (C=O) groups is 1. The van der Waals surface area contributed by atoms with Gasteiger partial charge < -0.3 is 47.4 Å². The Balaban J connectivity index is 1.66. The SMILES string of the molecule is CC(C)(C)OC(=O)COCCOCCOCCOCCOCCOCCOCCOCCOCc1ccccc1. The van der Waals surface area contributed by atoms with Gasteiger partial charge in [-0.05, 0) is 26.3 Å². The van der Waals surface area contributed by atoms with Gasteiger partial charge in [0, 0.05) is 0 Å². The molecule has 0 aliphatic heterocycles. The zero-order chi connectivity index (χ0) is 29.0. The predicted octanol–water partition coefficient (Wildman–Crippen LogP) is 2.68. The maximum atomic E-state index is 11.5. The minimum absolute atomic E-state index is 0.0791. The fourth-order valence-electron chi connectivity index (χ4n) is 2.95. The van der Waals surface area contributed by atoms with Crippen molar-refractivity contribution in [2.75, 3.05) is 112 Å². The second kappa shape index (κ2) is 26.2. The van der Waals surface area contributed by atoms with Crippen molar-refractivity contribution in [2.24, 2.45) is 0 Å². The molecule has 1 rings (SSSR count). The standard InChI is InChI=1S/C29H50O11/c1-29(2,3)40-28(30)26-39-24-22-37-20-18-35-16-14-33-12-10-31-9-11-32-13-15-34-17-19-36-21-23-38-25-27-7-5-4-6-8-27/h4-8H,9-26H2,1-3H3. The molecule has 1 aromatic rings. The van der Waals surface area contributed by atoms with Crippen molar-refractivity contribution in [3.63, 3.8) is 0 Å². The van der Waals surface area contributed by atoms with E-state index in [0.29, 0.717) is 112 Å². The van der Waals surface area contributed by atoms with Crippen molar-refractivity contribution >= 4 is 5.97 Å². The Labute approximate surface area is 239 Å². The van der Waals surface area contributed by atoms with Crippen LogP contribution in [0, 0.1) is 0 Å². The summed E-state index contributed by atoms with van der Waals surface area (Å²) in [5.41, 5.74) is 0.650. The minimum atomic E-state index is -0.506. The first kappa shape index (κ1) is 36.4. The van der Waals surface area contributed by atoms with Gasteiger partial charge >= 0.3 is 5.97 Å². The molecule has 0 bridgehead atoms. The van der Waals surface area contributed by atoms with Crippen molar-refractivity contribution in [3.05, 3.63) is 35.9 Å². The molecule has 0 heterocycles. The van der Waals surface area contributed by atoms with Crippen molar-refractivity contribution in [1.29, 1.82) is 0 Å². The predicted molar refractivity (Wildman–Crippen MR) is 148 cm³/mol. The van der Waals surface area contributed by atoms with E-state index in [2.05, 4.69) is 0 Å². The highest BCUT2D eigenvalue weighted by Crippen LogP contribution is 2.06. The smallest absolute Gasteiger partial charge is 0.332 e. The number of rotatable bonds is 28. The zero-order valence-corrected chi connectivity index (χ0v) is 24.6. The van der Waals surface area contributed by atoms with Crippen LogP contribution in [0.2, 0.25) is 0 Å². The number of carbonyl (C=O) groups excluding carboxylic acids is 1. The third-order valence-corrected chi connectivity index (χ3v) is 4.73. The van der Waals surface area contributed by atoms with E-state index in [9.17, 15) is 4.79 Å². The number of benzene rings is 1. The maximum Gasteiger partial charge on any atom is 0.332 e. The van der Waals surface area contributed by atoms with Gasteiger partial charge in [-0.1, -0.05) is 30.3 Å². The molecule has 0 spiro atoms. The Bertz CT molecular complexity index is 682. The third-order valence-electron chi connectivity index (χ3n) is 4.73. The molecule has 11 nitrogen and oxygen atoms in total. The fraction of sp³-hybridized carbons (Fsp3) is 0.759. The molecule has 0 aromatic heterocycles. The highest BCUT2D eigenvalue weighted by molar-refractivity contribution is 5.71. The van der Waals surface area contributed by atoms with Gasteiger partial charge in [-0.15, -0.1) is 0 Å². The molecule has 0 atom stereocenters. The molecule has 0 unspecified atom stereocenters. The summed E-state index contributed by atoms with van der Waals surface area (Å²) in [6.45, 7) is 13.8. The van der Waals surface area contributed by atoms with Gasteiger partial charge in [-0.25, -0.2) is 4.79 Å². The van der Waals surface area contributed by atoms with Crippen molar-refractivity contribution < 1.29 is 52.2 Å². The maximum absolute atomic E-state index is 11.5. The molecule has 0 amide bonds. The van der Waals surface area contributed by atoms with Crippen LogP contribution in [0.15, 0.2) is 30.3 Å². The lowest BCUT2D eigenvalue weighted by molar-refractivity contribution is -0.160. The Morgan fingerprint density at radius 3 is 1.18 bits per heavy atom. The summed E-state index contributed by atoms with van der Waals surface area (Å²) in [7, 11) is 0. The first-order valence-electron chi connectivity index (χ1n) is 13.9. The van der Waals surface area contributed by atoms with Crippen LogP contribution in [0.1, 0.15) is 26.3 Å². The largest absolute Gasteiger partial charge is 0.458 e. The second-order valence-electron chi connectivity index (χ2n) is 9.46. The van der Waals surface area contributed by atoms with E-state index in [-0.39, 0.29) is 12.6 Å². The quantitative estimate of drug-likeness (QED) is 0.109. The summed E-state index contributed by atoms with van der Waals surface area (Å²) in [5, 5.41) is 0. The monoisotopic (exact) mass is 574 g/mol. The lowest BCUT2D eigenvalue weighted by atomic mass is 10.2. The van der Waals surface area contributed by atoms with Crippen LogP contribution in [0.25, 0.3) is 0 Å². The number of hydrogen-bond acceptors (Lipinski definition) is 11. The van der Waals surface area contributed by atoms with E-state index < -0.39 is 5.60 Å². The highest BCUT2D eigenvalue weighted by atomic mass is 16.6. The van der Waals surface area contributed by atoms with Gasteiger partial charge in [0.2, 0.25) is 0 Å². The van der Waals surface area contributed by atoms with Gasteiger partial charge in [0.15, 0.2) is 0 Å². The van der Waals surface area contributed by atoms with Crippen LogP contribution in [0.4, 0.5) is 0 Å². The first-order valence-corrected chi connectivity index (χ1v) is 13.9. The third kappa shape index (κ3) is 26.5. The minimum Gasteiger partial charge on any atom is -0.458 e. The molecule has 1 aromatic carbocycles. The molecule has 0 saturated heterocycles. The van der Waals surface area contributed by atoms with E-state index in [4.69, 9.17) is 47.4 Å². The molecular weight excluding hydrogens is 524 g/mol. The van der Waals surface area contributed by atoms with Crippen LogP contribution in [-0.2, 0) is 58.8 Å². The lowest BCUT2D eigenvalue weighted by Crippen LogP contribution is -2.27. The Morgan fingerprint density at radius 1 is 0.500 bits per heavy atom. The van der Waals surface area contributed by atoms with Crippen molar-refractivity contribution in [3.8, 4) is 0 Å². The summed E-state index contributed by atoms with van der Waals surface area (Å²) in [6.07, 6.45) is 0. The average molecular weight is 575 g/mol. The molecule has 0 aliphatic carbocycles. The Morgan fingerprint density at radius 2 is 0.825 bits per heavy atom. The fourth-order valence-corrected chi connectivity index (χ4v) is 2.95. The van der Waals surface area contributed by atoms with E-state index in [1.807, 2.05) is 51.1 Å². The van der Waals surface area contributed by atoms with Gasteiger partial charge in [-0.2, -0.15) is 0 Å². The van der Waals surface area contributed by atoms with Gasteiger partial charge in [0.1, 0.15) is 12.2 Å². The Hall–Kier alpha value is -1.67. The van der Waals surface area contributed by atoms with Crippen molar-refractivity contribution in [2.45, 2.75) is 33.0 Å². The van der Waals surface area contributed by atoms with Crippen LogP contribution >= 0.6 is 0 Å². The molecule has 0 aliphatic rings. The van der Waals surface area contributed by atoms with E-state index in [1.54, 1.807) is 0 Å². The van der Waals surface area contributed by atoms with Gasteiger partial charge in [0.25, 0.3) is 0 Å². The summed E-state index contributed by atoms with van der Waals surface area (Å²) in [6, 6.07) is 10.1. The summed E-state index contributed by atoms with van der Waals surface area (Å²) >= 11 is 0.